The second-order valence-corrected chi connectivity index (χ2v) is 8.03. The number of hydrogen-bond donors (Lipinski definition) is 4. The molecule has 0 bridgehead atoms. The van der Waals surface area contributed by atoms with Gasteiger partial charge in [-0.2, -0.15) is 0 Å². The van der Waals surface area contributed by atoms with Crippen LogP contribution in [-0.2, 0) is 25.7 Å². The van der Waals surface area contributed by atoms with E-state index in [0.29, 0.717) is 22.6 Å². The third kappa shape index (κ3) is 5.03. The second-order valence-electron chi connectivity index (χ2n) is 8.03. The first kappa shape index (κ1) is 25.9. The summed E-state index contributed by atoms with van der Waals surface area (Å²) >= 11 is 0. The number of methoxy groups -OCH3 is 3. The van der Waals surface area contributed by atoms with Crippen LogP contribution >= 0.6 is 0 Å². The van der Waals surface area contributed by atoms with E-state index in [1.54, 1.807) is 18.2 Å². The van der Waals surface area contributed by atoms with Gasteiger partial charge in [0.2, 0.25) is 11.8 Å². The van der Waals surface area contributed by atoms with E-state index in [-0.39, 0.29) is 51.0 Å². The van der Waals surface area contributed by atoms with E-state index in [2.05, 4.69) is 5.32 Å². The molecule has 1 aliphatic heterocycles. The van der Waals surface area contributed by atoms with Crippen molar-refractivity contribution in [2.75, 3.05) is 54.2 Å². The lowest BCUT2D eigenvalue weighted by Gasteiger charge is -2.40. The van der Waals surface area contributed by atoms with E-state index >= 15 is 0 Å². The molecule has 11 nitrogen and oxygen atoms in total. The minimum absolute atomic E-state index is 0.0322. The molecule has 0 radical (unpaired) electrons. The molecular weight excluding hydrogens is 448 g/mol. The Labute approximate surface area is 197 Å². The molecule has 4 atom stereocenters. The highest BCUT2D eigenvalue weighted by Crippen LogP contribution is 2.51. The minimum Gasteiger partial charge on any atom is -0.493 e. The highest BCUT2D eigenvalue weighted by molar-refractivity contribution is 5.96. The minimum atomic E-state index is -1.19. The lowest BCUT2D eigenvalue weighted by molar-refractivity contribution is -0.141. The number of amides is 2. The van der Waals surface area contributed by atoms with Gasteiger partial charge in [0.25, 0.3) is 0 Å². The maximum atomic E-state index is 13.1. The summed E-state index contributed by atoms with van der Waals surface area (Å²) in [5.41, 5.74) is 1.42. The monoisotopic (exact) mass is 480 g/mol. The van der Waals surface area contributed by atoms with Gasteiger partial charge >= 0.3 is 0 Å². The number of ether oxygens (including phenoxy) is 4. The van der Waals surface area contributed by atoms with Gasteiger partial charge in [0.1, 0.15) is 18.8 Å². The van der Waals surface area contributed by atoms with E-state index in [9.17, 15) is 24.9 Å². The van der Waals surface area contributed by atoms with Gasteiger partial charge in [0.05, 0.1) is 38.9 Å². The quantitative estimate of drug-likeness (QED) is 0.311. The zero-order chi connectivity index (χ0) is 24.8. The lowest BCUT2D eigenvalue weighted by atomic mass is 9.77. The van der Waals surface area contributed by atoms with Gasteiger partial charge in [-0.1, -0.05) is 0 Å². The number of rotatable bonds is 11. The Kier molecular flexibility index (Phi) is 8.86. The molecule has 1 heterocycles. The number of nitrogens with one attached hydrogen (secondary N) is 1. The Morgan fingerprint density at radius 3 is 2.56 bits per heavy atom. The standard InChI is InChI=1S/C23H32N2O9/c1-31-7-5-25(18(28)12-32-2)16-10-15(23(30)24-4-6-26)19-14-8-13(11-27)9-17(33-3)21(14)34-22(19)20(16)29/h8-10,16,19-20,22,26-27,29H,4-7,11-12H2,1-3H3,(H,24,30)/t16-,19+,20+,22+/m1/s1. The normalized spacial score (nSPS) is 22.8. The van der Waals surface area contributed by atoms with Crippen LogP contribution in [0.4, 0.5) is 0 Å². The highest BCUT2D eigenvalue weighted by Gasteiger charge is 2.51. The first-order chi connectivity index (χ1) is 16.4. The fourth-order valence-corrected chi connectivity index (χ4v) is 4.46. The maximum absolute atomic E-state index is 13.1. The van der Waals surface area contributed by atoms with Crippen molar-refractivity contribution in [2.45, 2.75) is 30.8 Å². The summed E-state index contributed by atoms with van der Waals surface area (Å²) in [6.45, 7) is -0.314. The number of carbonyl (C=O) groups is 2. The van der Waals surface area contributed by atoms with Crippen LogP contribution in [0.1, 0.15) is 17.0 Å². The number of benzene rings is 1. The van der Waals surface area contributed by atoms with Crippen LogP contribution in [0.25, 0.3) is 0 Å². The smallest absolute Gasteiger partial charge is 0.249 e. The second kappa shape index (κ2) is 11.6. The fraction of sp³-hybridized carbons (Fsp3) is 0.565. The van der Waals surface area contributed by atoms with Crippen molar-refractivity contribution in [1.29, 1.82) is 0 Å². The Bertz CT molecular complexity index is 920. The van der Waals surface area contributed by atoms with E-state index < -0.39 is 30.1 Å². The molecule has 3 rings (SSSR count). The molecule has 1 aliphatic carbocycles. The van der Waals surface area contributed by atoms with Gasteiger partial charge < -0.3 is 44.5 Å². The van der Waals surface area contributed by atoms with Crippen molar-refractivity contribution in [3.8, 4) is 11.5 Å². The zero-order valence-electron chi connectivity index (χ0n) is 19.5. The molecule has 11 heteroatoms. The Morgan fingerprint density at radius 1 is 1.18 bits per heavy atom. The van der Waals surface area contributed by atoms with Gasteiger partial charge in [0.15, 0.2) is 11.5 Å². The van der Waals surface area contributed by atoms with Crippen molar-refractivity contribution in [2.24, 2.45) is 0 Å². The third-order valence-corrected chi connectivity index (χ3v) is 5.98. The molecule has 0 unspecified atom stereocenters. The van der Waals surface area contributed by atoms with Crippen molar-refractivity contribution >= 4 is 11.8 Å². The maximum Gasteiger partial charge on any atom is 0.249 e. The van der Waals surface area contributed by atoms with Crippen molar-refractivity contribution in [3.05, 3.63) is 34.9 Å². The summed E-state index contributed by atoms with van der Waals surface area (Å²) in [4.78, 5) is 27.4. The van der Waals surface area contributed by atoms with Crippen LogP contribution in [0.15, 0.2) is 23.8 Å². The van der Waals surface area contributed by atoms with Crippen LogP contribution in [0.5, 0.6) is 11.5 Å². The predicted molar refractivity (Wildman–Crippen MR) is 120 cm³/mol. The average Bonchev–Trinajstić information content (AvgIpc) is 3.23. The summed E-state index contributed by atoms with van der Waals surface area (Å²) < 4.78 is 21.7. The number of aliphatic hydroxyl groups is 3. The summed E-state index contributed by atoms with van der Waals surface area (Å²) in [5.74, 6) is -0.800. The van der Waals surface area contributed by atoms with Crippen LogP contribution in [-0.4, -0.2) is 105 Å². The molecule has 188 valence electrons. The van der Waals surface area contributed by atoms with E-state index in [0.717, 1.165) is 0 Å². The number of fused-ring (bicyclic) bond motifs is 3. The molecule has 1 aromatic carbocycles. The fourth-order valence-electron chi connectivity index (χ4n) is 4.46. The molecule has 4 N–H and O–H groups in total. The average molecular weight is 481 g/mol. The summed E-state index contributed by atoms with van der Waals surface area (Å²) in [7, 11) is 4.35. The third-order valence-electron chi connectivity index (χ3n) is 5.98. The predicted octanol–water partition coefficient (Wildman–Crippen LogP) is -1.07. The molecule has 0 spiro atoms. The molecule has 0 saturated carbocycles. The van der Waals surface area contributed by atoms with Crippen molar-refractivity contribution in [1.82, 2.24) is 10.2 Å². The molecule has 34 heavy (non-hydrogen) atoms. The molecule has 0 fully saturated rings. The Balaban J connectivity index is 2.11. The summed E-state index contributed by atoms with van der Waals surface area (Å²) in [5, 5.41) is 32.9. The Hall–Kier alpha value is -2.70. The van der Waals surface area contributed by atoms with E-state index in [1.165, 1.54) is 26.2 Å². The van der Waals surface area contributed by atoms with Crippen LogP contribution < -0.4 is 14.8 Å². The van der Waals surface area contributed by atoms with Crippen LogP contribution in [0.3, 0.4) is 0 Å². The van der Waals surface area contributed by atoms with E-state index in [4.69, 9.17) is 18.9 Å². The van der Waals surface area contributed by atoms with Gasteiger partial charge in [-0.05, 0) is 23.8 Å². The SMILES string of the molecule is COCCN(C(=O)COC)[C@@H]1C=C(C(=O)NCCO)[C@@H]2c3cc(CO)cc(OC)c3O[C@@H]2[C@H]1O. The lowest BCUT2D eigenvalue weighted by Crippen LogP contribution is -2.57. The van der Waals surface area contributed by atoms with Crippen LogP contribution in [0, 0.1) is 0 Å². The van der Waals surface area contributed by atoms with Gasteiger partial charge in [-0.25, -0.2) is 0 Å². The number of carbonyl (C=O) groups excluding carboxylic acids is 2. The van der Waals surface area contributed by atoms with Gasteiger partial charge in [0, 0.05) is 38.4 Å². The molecule has 1 aromatic rings. The molecular formula is C23H32N2O9. The first-order valence-corrected chi connectivity index (χ1v) is 11.0. The number of hydrogen-bond acceptors (Lipinski definition) is 9. The van der Waals surface area contributed by atoms with Crippen molar-refractivity contribution < 1.29 is 43.9 Å². The zero-order valence-corrected chi connectivity index (χ0v) is 19.5. The topological polar surface area (TPSA) is 147 Å². The molecule has 2 aliphatic rings. The van der Waals surface area contributed by atoms with E-state index in [1.807, 2.05) is 0 Å². The molecule has 2 amide bonds. The van der Waals surface area contributed by atoms with Crippen LogP contribution in [0.2, 0.25) is 0 Å². The summed E-state index contributed by atoms with van der Waals surface area (Å²) in [6, 6.07) is 2.44. The molecule has 0 aromatic heterocycles. The number of aliphatic hydroxyl groups excluding tert-OH is 3. The van der Waals surface area contributed by atoms with Crippen molar-refractivity contribution in [3.63, 3.8) is 0 Å². The van der Waals surface area contributed by atoms with Gasteiger partial charge in [-0.15, -0.1) is 0 Å². The largest absolute Gasteiger partial charge is 0.493 e. The Morgan fingerprint density at radius 2 is 1.94 bits per heavy atom. The van der Waals surface area contributed by atoms with Gasteiger partial charge in [-0.3, -0.25) is 9.59 Å². The molecule has 0 saturated heterocycles. The highest BCUT2D eigenvalue weighted by atomic mass is 16.5. The first-order valence-electron chi connectivity index (χ1n) is 11.0. The number of nitrogens with zero attached hydrogens (tertiary/aromatic N) is 1. The summed E-state index contributed by atoms with van der Waals surface area (Å²) in [6.07, 6.45) is -0.534.